The molecule has 152 valence electrons. The van der Waals surface area contributed by atoms with Gasteiger partial charge in [0.05, 0.1) is 0 Å². The van der Waals surface area contributed by atoms with Gasteiger partial charge in [0, 0.05) is 19.1 Å². The van der Waals surface area contributed by atoms with Gasteiger partial charge in [0.1, 0.15) is 5.54 Å². The molecule has 5 amide bonds. The predicted molar refractivity (Wildman–Crippen MR) is 107 cm³/mol. The van der Waals surface area contributed by atoms with Crippen LogP contribution < -0.4 is 16.0 Å². The molecule has 3 rings (SSSR count). The van der Waals surface area contributed by atoms with E-state index in [0.29, 0.717) is 19.5 Å². The number of nitrogens with one attached hydrogen (secondary N) is 3. The van der Waals surface area contributed by atoms with Crippen LogP contribution in [0.25, 0.3) is 0 Å². The summed E-state index contributed by atoms with van der Waals surface area (Å²) in [5, 5.41) is 8.60. The number of carbonyl (C=O) groups is 3. The average molecular weight is 386 g/mol. The van der Waals surface area contributed by atoms with Gasteiger partial charge in [-0.15, -0.1) is 0 Å². The quantitative estimate of drug-likeness (QED) is 0.474. The number of imide groups is 1. The first kappa shape index (κ1) is 20.2. The Kier molecular flexibility index (Phi) is 6.54. The second kappa shape index (κ2) is 9.08. The molecule has 0 radical (unpaired) electrons. The first-order valence-electron chi connectivity index (χ1n) is 10.2. The summed E-state index contributed by atoms with van der Waals surface area (Å²) in [6.45, 7) is 2.73. The Balaban J connectivity index is 1.32. The van der Waals surface area contributed by atoms with Crippen LogP contribution >= 0.6 is 0 Å². The van der Waals surface area contributed by atoms with Gasteiger partial charge in [0.15, 0.2) is 0 Å². The van der Waals surface area contributed by atoms with Gasteiger partial charge in [-0.2, -0.15) is 0 Å². The number of nitrogens with zero attached hydrogens (tertiary/aromatic N) is 1. The third kappa shape index (κ3) is 4.82. The van der Waals surface area contributed by atoms with Crippen molar-refractivity contribution < 1.29 is 14.4 Å². The Labute approximate surface area is 166 Å². The third-order valence-electron chi connectivity index (χ3n) is 5.63. The van der Waals surface area contributed by atoms with Gasteiger partial charge in [-0.25, -0.2) is 9.59 Å². The fourth-order valence-corrected chi connectivity index (χ4v) is 4.01. The van der Waals surface area contributed by atoms with Crippen LogP contribution in [0.5, 0.6) is 0 Å². The zero-order valence-electron chi connectivity index (χ0n) is 16.5. The van der Waals surface area contributed by atoms with Crippen molar-refractivity contribution in [1.82, 2.24) is 20.9 Å². The van der Waals surface area contributed by atoms with E-state index >= 15 is 0 Å². The molecule has 1 aliphatic heterocycles. The summed E-state index contributed by atoms with van der Waals surface area (Å²) < 4.78 is 0. The molecule has 1 saturated heterocycles. The fourth-order valence-electron chi connectivity index (χ4n) is 4.01. The van der Waals surface area contributed by atoms with E-state index in [1.807, 2.05) is 25.1 Å². The van der Waals surface area contributed by atoms with E-state index in [-0.39, 0.29) is 24.0 Å². The van der Waals surface area contributed by atoms with Crippen molar-refractivity contribution >= 4 is 18.0 Å². The van der Waals surface area contributed by atoms with Crippen LogP contribution in [0.15, 0.2) is 30.3 Å². The minimum Gasteiger partial charge on any atom is -0.338 e. The summed E-state index contributed by atoms with van der Waals surface area (Å²) in [7, 11) is 0. The van der Waals surface area contributed by atoms with Gasteiger partial charge < -0.3 is 16.0 Å². The van der Waals surface area contributed by atoms with Crippen molar-refractivity contribution in [2.45, 2.75) is 63.5 Å². The first-order chi connectivity index (χ1) is 13.5. The van der Waals surface area contributed by atoms with Gasteiger partial charge >= 0.3 is 12.1 Å². The third-order valence-corrected chi connectivity index (χ3v) is 5.63. The van der Waals surface area contributed by atoms with Gasteiger partial charge in [-0.1, -0.05) is 43.2 Å². The van der Waals surface area contributed by atoms with E-state index in [1.54, 1.807) is 0 Å². The zero-order valence-corrected chi connectivity index (χ0v) is 16.5. The minimum absolute atomic E-state index is 0.0633. The molecule has 7 nitrogen and oxygen atoms in total. The predicted octanol–water partition coefficient (Wildman–Crippen LogP) is 2.56. The Morgan fingerprint density at radius 2 is 1.93 bits per heavy atom. The standard InChI is InChI=1S/C21H30N4O3/c1-16(10-11-17-8-3-2-4-9-17)23-19(27)22-14-7-15-25-18(26)21(24-20(25)28)12-5-6-13-21/h2-4,8-9,16H,5-7,10-15H2,1H3,(H,24,28)(H2,22,23,27)/t16-/m0/s1. The summed E-state index contributed by atoms with van der Waals surface area (Å²) >= 11 is 0. The minimum atomic E-state index is -0.657. The lowest BCUT2D eigenvalue weighted by molar-refractivity contribution is -0.131. The maximum Gasteiger partial charge on any atom is 0.325 e. The first-order valence-corrected chi connectivity index (χ1v) is 10.2. The fraction of sp³-hybridized carbons (Fsp3) is 0.571. The van der Waals surface area contributed by atoms with Crippen molar-refractivity contribution in [2.24, 2.45) is 0 Å². The summed E-state index contributed by atoms with van der Waals surface area (Å²) in [6.07, 6.45) is 5.73. The van der Waals surface area contributed by atoms with Crippen molar-refractivity contribution in [3.63, 3.8) is 0 Å². The smallest absolute Gasteiger partial charge is 0.325 e. The molecule has 1 aliphatic carbocycles. The maximum absolute atomic E-state index is 12.5. The van der Waals surface area contributed by atoms with Crippen LogP contribution in [-0.4, -0.2) is 47.5 Å². The molecule has 1 aromatic carbocycles. The number of urea groups is 2. The van der Waals surface area contributed by atoms with E-state index in [1.165, 1.54) is 10.5 Å². The van der Waals surface area contributed by atoms with Crippen LogP contribution in [0.2, 0.25) is 0 Å². The molecule has 2 aliphatic rings. The molecular formula is C21H30N4O3. The molecule has 0 bridgehead atoms. The summed E-state index contributed by atoms with van der Waals surface area (Å²) in [5.74, 6) is -0.103. The second-order valence-corrected chi connectivity index (χ2v) is 7.86. The molecule has 1 saturated carbocycles. The molecule has 2 fully saturated rings. The maximum atomic E-state index is 12.5. The van der Waals surface area contributed by atoms with Crippen LogP contribution in [0.3, 0.4) is 0 Å². The Bertz CT molecular complexity index is 701. The monoisotopic (exact) mass is 386 g/mol. The highest BCUT2D eigenvalue weighted by Gasteiger charge is 2.51. The molecule has 3 N–H and O–H groups in total. The lowest BCUT2D eigenvalue weighted by Gasteiger charge is -2.20. The van der Waals surface area contributed by atoms with E-state index in [4.69, 9.17) is 0 Å². The van der Waals surface area contributed by atoms with E-state index in [9.17, 15) is 14.4 Å². The molecule has 28 heavy (non-hydrogen) atoms. The lowest BCUT2D eigenvalue weighted by Crippen LogP contribution is -2.44. The van der Waals surface area contributed by atoms with Crippen LogP contribution in [0.4, 0.5) is 9.59 Å². The van der Waals surface area contributed by atoms with E-state index < -0.39 is 5.54 Å². The number of benzene rings is 1. The average Bonchev–Trinajstić information content (AvgIpc) is 3.24. The van der Waals surface area contributed by atoms with E-state index in [0.717, 1.165) is 38.5 Å². The molecule has 0 unspecified atom stereocenters. The van der Waals surface area contributed by atoms with Crippen molar-refractivity contribution in [3.8, 4) is 0 Å². The van der Waals surface area contributed by atoms with Crippen LogP contribution in [0.1, 0.15) is 51.0 Å². The Hall–Kier alpha value is -2.57. The Morgan fingerprint density at radius 3 is 2.64 bits per heavy atom. The topological polar surface area (TPSA) is 90.5 Å². The van der Waals surface area contributed by atoms with Gasteiger partial charge in [0.2, 0.25) is 0 Å². The van der Waals surface area contributed by atoms with Crippen molar-refractivity contribution in [3.05, 3.63) is 35.9 Å². The number of carbonyl (C=O) groups excluding carboxylic acids is 3. The molecule has 1 aromatic rings. The number of amides is 5. The zero-order chi connectivity index (χ0) is 20.0. The van der Waals surface area contributed by atoms with Crippen LogP contribution in [0, 0.1) is 0 Å². The highest BCUT2D eigenvalue weighted by atomic mass is 16.2. The van der Waals surface area contributed by atoms with Crippen molar-refractivity contribution in [2.75, 3.05) is 13.1 Å². The molecule has 1 spiro atoms. The Morgan fingerprint density at radius 1 is 1.21 bits per heavy atom. The largest absolute Gasteiger partial charge is 0.338 e. The highest BCUT2D eigenvalue weighted by molar-refractivity contribution is 6.07. The number of hydrogen-bond donors (Lipinski definition) is 3. The van der Waals surface area contributed by atoms with Gasteiger partial charge in [0.25, 0.3) is 5.91 Å². The molecule has 7 heteroatoms. The lowest BCUT2D eigenvalue weighted by atomic mass is 9.98. The summed E-state index contributed by atoms with van der Waals surface area (Å²) in [4.78, 5) is 38.0. The summed E-state index contributed by atoms with van der Waals surface area (Å²) in [5.41, 5.74) is 0.598. The van der Waals surface area contributed by atoms with Crippen molar-refractivity contribution in [1.29, 1.82) is 0 Å². The number of aryl methyl sites for hydroxylation is 1. The second-order valence-electron chi connectivity index (χ2n) is 7.86. The van der Waals surface area contributed by atoms with Crippen LogP contribution in [-0.2, 0) is 11.2 Å². The summed E-state index contributed by atoms with van der Waals surface area (Å²) in [6, 6.07) is 9.73. The van der Waals surface area contributed by atoms with Gasteiger partial charge in [-0.05, 0) is 44.6 Å². The normalized spacial score (nSPS) is 19.0. The molecule has 1 atom stereocenters. The highest BCUT2D eigenvalue weighted by Crippen LogP contribution is 2.34. The molecular weight excluding hydrogens is 356 g/mol. The number of hydrogen-bond acceptors (Lipinski definition) is 3. The van der Waals surface area contributed by atoms with Gasteiger partial charge in [-0.3, -0.25) is 9.69 Å². The molecule has 0 aromatic heterocycles. The SMILES string of the molecule is C[C@@H](CCc1ccccc1)NC(=O)NCCCN1C(=O)NC2(CCCC2)C1=O. The van der Waals surface area contributed by atoms with E-state index in [2.05, 4.69) is 28.1 Å². The number of rotatable bonds is 8. The molecule has 1 heterocycles.